The average Bonchev–Trinajstić information content (AvgIpc) is 1.78. The van der Waals surface area contributed by atoms with Crippen LogP contribution in [0.2, 0.25) is 6.04 Å². The van der Waals surface area contributed by atoms with Crippen LogP contribution in [0, 0.1) is 0 Å². The second-order valence-corrected chi connectivity index (χ2v) is 11.7. The van der Waals surface area contributed by atoms with Crippen molar-refractivity contribution in [1.82, 2.24) is 0 Å². The van der Waals surface area contributed by atoms with Crippen LogP contribution in [-0.2, 0) is 0 Å². The highest BCUT2D eigenvalue weighted by molar-refractivity contribution is 7.64. The summed E-state index contributed by atoms with van der Waals surface area (Å²) in [5, 5.41) is 0. The molecule has 0 aromatic rings. The summed E-state index contributed by atoms with van der Waals surface area (Å²) in [6.45, 7) is 2.17. The normalized spacial score (nSPS) is 10.9. The van der Waals surface area contributed by atoms with Crippen molar-refractivity contribution >= 4 is 39.2 Å². The zero-order valence-electron chi connectivity index (χ0n) is 6.58. The average molecular weight is 240 g/mol. The molecule has 0 spiro atoms. The first kappa shape index (κ1) is 14.5. The summed E-state index contributed by atoms with van der Waals surface area (Å²) in [6, 6.07) is -1.47. The fourth-order valence-corrected chi connectivity index (χ4v) is 2.61. The minimum absolute atomic E-state index is 0. The van der Waals surface area contributed by atoms with Crippen LogP contribution in [0.5, 0.6) is 0 Å². The van der Waals surface area contributed by atoms with Gasteiger partial charge in [0.25, 0.3) is 0 Å². The van der Waals surface area contributed by atoms with Gasteiger partial charge in [0.1, 0.15) is 0 Å². The Morgan fingerprint density at radius 3 is 1.91 bits per heavy atom. The van der Waals surface area contributed by atoms with Gasteiger partial charge in [0.15, 0.2) is 0 Å². The Bertz CT molecular complexity index is 84.4. The fourth-order valence-electron chi connectivity index (χ4n) is 0.752. The number of hydrogen-bond acceptors (Lipinski definition) is 0. The van der Waals surface area contributed by atoms with Crippen molar-refractivity contribution in [3.63, 3.8) is 0 Å². The van der Waals surface area contributed by atoms with Gasteiger partial charge >= 0.3 is 6.00 Å². The van der Waals surface area contributed by atoms with Gasteiger partial charge in [-0.25, -0.2) is 0 Å². The molecule has 0 aromatic heterocycles. The van der Waals surface area contributed by atoms with Crippen molar-refractivity contribution in [3.8, 4) is 0 Å². The first-order valence-electron chi connectivity index (χ1n) is 3.63. The molecule has 0 bridgehead atoms. The molecule has 70 valence electrons. The van der Waals surface area contributed by atoms with Gasteiger partial charge in [-0.15, -0.1) is 33.2 Å². The van der Waals surface area contributed by atoms with E-state index in [4.69, 9.17) is 33.2 Å². The number of hydrogen-bond donors (Lipinski definition) is 0. The molecular formula is C6H14Cl3FSi. The van der Waals surface area contributed by atoms with Gasteiger partial charge in [0.05, 0.1) is 0 Å². The van der Waals surface area contributed by atoms with Gasteiger partial charge in [-0.3, -0.25) is 4.70 Å². The zero-order valence-corrected chi connectivity index (χ0v) is 9.85. The van der Waals surface area contributed by atoms with Crippen LogP contribution in [0.1, 0.15) is 32.6 Å². The lowest BCUT2D eigenvalue weighted by atomic mass is 10.2. The molecule has 0 aliphatic heterocycles. The first-order valence-corrected chi connectivity index (χ1v) is 8.87. The molecule has 0 rings (SSSR count). The van der Waals surface area contributed by atoms with Crippen molar-refractivity contribution in [2.75, 3.05) is 0 Å². The Labute approximate surface area is 82.7 Å². The van der Waals surface area contributed by atoms with E-state index in [0.29, 0.717) is 0 Å². The topological polar surface area (TPSA) is 0 Å². The molecule has 0 nitrogen and oxygen atoms in total. The van der Waals surface area contributed by atoms with E-state index in [0.717, 1.165) is 12.5 Å². The Morgan fingerprint density at radius 2 is 1.55 bits per heavy atom. The van der Waals surface area contributed by atoms with Crippen molar-refractivity contribution < 1.29 is 4.70 Å². The maximum atomic E-state index is 5.68. The van der Waals surface area contributed by atoms with Gasteiger partial charge < -0.3 is 0 Å². The Hall–Kier alpha value is 1.02. The summed E-state index contributed by atoms with van der Waals surface area (Å²) in [5.41, 5.74) is 0. The molecule has 0 saturated heterocycles. The molecular weight excluding hydrogens is 226 g/mol. The summed E-state index contributed by atoms with van der Waals surface area (Å²) >= 11 is 17.0. The van der Waals surface area contributed by atoms with Crippen LogP contribution in [0.25, 0.3) is 0 Å². The van der Waals surface area contributed by atoms with Gasteiger partial charge in [-0.05, 0) is 6.04 Å². The molecule has 0 fully saturated rings. The van der Waals surface area contributed by atoms with Crippen LogP contribution in [0.4, 0.5) is 4.70 Å². The van der Waals surface area contributed by atoms with E-state index in [-0.39, 0.29) is 4.70 Å². The molecule has 0 heterocycles. The molecule has 0 aliphatic rings. The molecule has 0 unspecified atom stereocenters. The highest BCUT2D eigenvalue weighted by atomic mass is 35.8. The van der Waals surface area contributed by atoms with Crippen molar-refractivity contribution in [1.29, 1.82) is 0 Å². The minimum Gasteiger partial charge on any atom is -0.269 e. The number of halogens is 4. The van der Waals surface area contributed by atoms with Crippen molar-refractivity contribution in [3.05, 3.63) is 0 Å². The van der Waals surface area contributed by atoms with Gasteiger partial charge in [0.2, 0.25) is 0 Å². The first-order chi connectivity index (χ1) is 4.56. The summed E-state index contributed by atoms with van der Waals surface area (Å²) in [4.78, 5) is 0. The van der Waals surface area contributed by atoms with Crippen LogP contribution in [0.15, 0.2) is 0 Å². The highest BCUT2D eigenvalue weighted by Gasteiger charge is 2.23. The van der Waals surface area contributed by atoms with E-state index >= 15 is 0 Å². The highest BCUT2D eigenvalue weighted by Crippen LogP contribution is 2.27. The molecule has 0 saturated carbocycles. The molecule has 0 N–H and O–H groups in total. The van der Waals surface area contributed by atoms with Crippen molar-refractivity contribution in [2.24, 2.45) is 0 Å². The summed E-state index contributed by atoms with van der Waals surface area (Å²) in [7, 11) is 0. The number of rotatable bonds is 5. The molecule has 11 heavy (non-hydrogen) atoms. The second-order valence-electron chi connectivity index (χ2n) is 2.43. The maximum Gasteiger partial charge on any atom is 0.341 e. The third-order valence-corrected chi connectivity index (χ3v) is 3.94. The molecule has 0 aromatic carbocycles. The molecule has 5 heteroatoms. The summed E-state index contributed by atoms with van der Waals surface area (Å²) in [6.07, 6.45) is 4.78. The van der Waals surface area contributed by atoms with Crippen LogP contribution < -0.4 is 0 Å². The summed E-state index contributed by atoms with van der Waals surface area (Å²) < 4.78 is 0. The van der Waals surface area contributed by atoms with E-state index in [9.17, 15) is 0 Å². The minimum atomic E-state index is -2.29. The monoisotopic (exact) mass is 238 g/mol. The standard InChI is InChI=1S/C6H13Cl3Si.FH/c1-2-3-4-5-6-10(7,8)9;/h2-6H2,1H3;1H. The van der Waals surface area contributed by atoms with E-state index in [1.807, 2.05) is 0 Å². The lowest BCUT2D eigenvalue weighted by Crippen LogP contribution is -2.07. The largest absolute Gasteiger partial charge is 0.341 e. The van der Waals surface area contributed by atoms with Crippen LogP contribution >= 0.6 is 33.2 Å². The van der Waals surface area contributed by atoms with E-state index in [2.05, 4.69) is 6.92 Å². The Kier molecular flexibility index (Phi) is 10.1. The SMILES string of the molecule is CCCCCC[Si](Cl)(Cl)Cl.F. The fraction of sp³-hybridized carbons (Fsp3) is 1.00. The zero-order chi connectivity index (χ0) is 8.04. The smallest absolute Gasteiger partial charge is 0.269 e. The lowest BCUT2D eigenvalue weighted by molar-refractivity contribution is 0.700. The van der Waals surface area contributed by atoms with Crippen LogP contribution in [0.3, 0.4) is 0 Å². The second kappa shape index (κ2) is 7.65. The maximum absolute atomic E-state index is 5.68. The van der Waals surface area contributed by atoms with Crippen LogP contribution in [-0.4, -0.2) is 6.00 Å². The van der Waals surface area contributed by atoms with Crippen molar-refractivity contribution in [2.45, 2.75) is 38.7 Å². The third-order valence-electron chi connectivity index (χ3n) is 1.31. The predicted octanol–water partition coefficient (Wildman–Crippen LogP) is 4.37. The van der Waals surface area contributed by atoms with E-state index in [1.165, 1.54) is 19.3 Å². The molecule has 0 atom stereocenters. The van der Waals surface area contributed by atoms with E-state index in [1.54, 1.807) is 0 Å². The predicted molar refractivity (Wildman–Crippen MR) is 54.8 cm³/mol. The van der Waals surface area contributed by atoms with Gasteiger partial charge in [-0.2, -0.15) is 0 Å². The lowest BCUT2D eigenvalue weighted by Gasteiger charge is -2.05. The summed E-state index contributed by atoms with van der Waals surface area (Å²) in [5.74, 6) is 0. The number of unbranched alkanes of at least 4 members (excludes halogenated alkanes) is 3. The Morgan fingerprint density at radius 1 is 1.00 bits per heavy atom. The molecule has 0 radical (unpaired) electrons. The third kappa shape index (κ3) is 13.9. The van der Waals surface area contributed by atoms with Gasteiger partial charge in [0, 0.05) is 0 Å². The van der Waals surface area contributed by atoms with Gasteiger partial charge in [-0.1, -0.05) is 32.6 Å². The quantitative estimate of drug-likeness (QED) is 0.380. The van der Waals surface area contributed by atoms with E-state index < -0.39 is 6.00 Å². The molecule has 0 aliphatic carbocycles. The molecule has 0 amide bonds. The Balaban J connectivity index is 0.